The molecule has 0 aliphatic heterocycles. The molecule has 106 valence electrons. The van der Waals surface area contributed by atoms with E-state index in [1.807, 2.05) is 32.9 Å². The first-order chi connectivity index (χ1) is 9.52. The van der Waals surface area contributed by atoms with Gasteiger partial charge in [-0.2, -0.15) is 0 Å². The van der Waals surface area contributed by atoms with Crippen LogP contribution in [0.5, 0.6) is 0 Å². The third-order valence-electron chi connectivity index (χ3n) is 3.22. The van der Waals surface area contributed by atoms with Crippen molar-refractivity contribution in [1.82, 2.24) is 10.3 Å². The van der Waals surface area contributed by atoms with Gasteiger partial charge in [0, 0.05) is 11.8 Å². The molecule has 0 aliphatic rings. The maximum absolute atomic E-state index is 14.4. The van der Waals surface area contributed by atoms with Gasteiger partial charge in [-0.3, -0.25) is 4.98 Å². The van der Waals surface area contributed by atoms with Crippen molar-refractivity contribution in [3.8, 4) is 0 Å². The molecule has 1 aromatic heterocycles. The van der Waals surface area contributed by atoms with E-state index in [1.54, 1.807) is 18.3 Å². The van der Waals surface area contributed by atoms with E-state index < -0.39 is 0 Å². The first-order valence-electron chi connectivity index (χ1n) is 6.64. The van der Waals surface area contributed by atoms with Crippen molar-refractivity contribution >= 4 is 11.6 Å². The summed E-state index contributed by atoms with van der Waals surface area (Å²) >= 11 is 5.87. The van der Waals surface area contributed by atoms with E-state index >= 15 is 0 Å². The average Bonchev–Trinajstić information content (AvgIpc) is 2.37. The predicted octanol–water partition coefficient (Wildman–Crippen LogP) is 4.19. The number of aryl methyl sites for hydroxylation is 2. The quantitative estimate of drug-likeness (QED) is 0.914. The van der Waals surface area contributed by atoms with Crippen LogP contribution in [0.2, 0.25) is 5.02 Å². The van der Waals surface area contributed by atoms with E-state index in [9.17, 15) is 4.39 Å². The number of benzene rings is 1. The summed E-state index contributed by atoms with van der Waals surface area (Å²) in [5.74, 6) is -0.204. The van der Waals surface area contributed by atoms with Crippen LogP contribution in [0.25, 0.3) is 0 Å². The Bertz CT molecular complexity index is 573. The van der Waals surface area contributed by atoms with Gasteiger partial charge in [-0.25, -0.2) is 4.39 Å². The second-order valence-corrected chi connectivity index (χ2v) is 5.31. The van der Waals surface area contributed by atoms with Gasteiger partial charge >= 0.3 is 0 Å². The van der Waals surface area contributed by atoms with Crippen LogP contribution in [0.3, 0.4) is 0 Å². The Labute approximate surface area is 124 Å². The van der Waals surface area contributed by atoms with Crippen LogP contribution >= 0.6 is 11.6 Å². The number of hydrogen-bond donors (Lipinski definition) is 1. The second kappa shape index (κ2) is 6.33. The van der Waals surface area contributed by atoms with Gasteiger partial charge in [0.15, 0.2) is 0 Å². The number of hydrogen-bond acceptors (Lipinski definition) is 2. The summed E-state index contributed by atoms with van der Waals surface area (Å²) in [6.45, 7) is 6.53. The molecule has 2 rings (SSSR count). The lowest BCUT2D eigenvalue weighted by Gasteiger charge is -2.21. The van der Waals surface area contributed by atoms with Crippen molar-refractivity contribution in [1.29, 1.82) is 0 Å². The van der Waals surface area contributed by atoms with Crippen molar-refractivity contribution in [3.05, 3.63) is 63.7 Å². The zero-order chi connectivity index (χ0) is 14.7. The van der Waals surface area contributed by atoms with E-state index in [1.165, 1.54) is 0 Å². The van der Waals surface area contributed by atoms with Gasteiger partial charge in [-0.1, -0.05) is 24.6 Å². The minimum absolute atomic E-state index is 0.204. The SMILES string of the molecule is CCNC(c1ccc(Cl)cn1)c1c(C)cc(C)cc1F. The highest BCUT2D eigenvalue weighted by Crippen LogP contribution is 2.27. The van der Waals surface area contributed by atoms with Gasteiger partial charge in [0.1, 0.15) is 5.82 Å². The molecule has 1 N–H and O–H groups in total. The summed E-state index contributed by atoms with van der Waals surface area (Å²) in [5, 5.41) is 3.86. The number of aromatic nitrogens is 1. The van der Waals surface area contributed by atoms with Crippen LogP contribution in [-0.2, 0) is 0 Å². The lowest BCUT2D eigenvalue weighted by Crippen LogP contribution is -2.24. The van der Waals surface area contributed by atoms with E-state index in [0.717, 1.165) is 23.4 Å². The van der Waals surface area contributed by atoms with Crippen molar-refractivity contribution in [2.45, 2.75) is 26.8 Å². The van der Waals surface area contributed by atoms with Gasteiger partial charge in [0.2, 0.25) is 0 Å². The molecule has 1 atom stereocenters. The van der Waals surface area contributed by atoms with Crippen molar-refractivity contribution in [2.24, 2.45) is 0 Å². The zero-order valence-corrected chi connectivity index (χ0v) is 12.6. The Morgan fingerprint density at radius 1 is 1.30 bits per heavy atom. The minimum atomic E-state index is -0.266. The smallest absolute Gasteiger partial charge is 0.128 e. The predicted molar refractivity (Wildman–Crippen MR) is 80.6 cm³/mol. The van der Waals surface area contributed by atoms with Crippen LogP contribution < -0.4 is 5.32 Å². The Hall–Kier alpha value is -1.45. The molecule has 20 heavy (non-hydrogen) atoms. The normalized spacial score (nSPS) is 12.4. The summed E-state index contributed by atoms with van der Waals surface area (Å²) in [6, 6.07) is 6.88. The summed E-state index contributed by atoms with van der Waals surface area (Å²) in [5.41, 5.74) is 3.25. The zero-order valence-electron chi connectivity index (χ0n) is 11.9. The molecular weight excluding hydrogens is 275 g/mol. The molecule has 0 spiro atoms. The molecule has 0 saturated carbocycles. The Balaban J connectivity index is 2.51. The number of halogens is 2. The number of pyridine rings is 1. The molecule has 0 radical (unpaired) electrons. The molecular formula is C16H18ClFN2. The molecule has 2 aromatic rings. The van der Waals surface area contributed by atoms with Gasteiger partial charge in [0.05, 0.1) is 16.8 Å². The van der Waals surface area contributed by atoms with Gasteiger partial charge in [-0.15, -0.1) is 0 Å². The lowest BCUT2D eigenvalue weighted by atomic mass is 9.96. The van der Waals surface area contributed by atoms with Crippen LogP contribution in [0, 0.1) is 19.7 Å². The largest absolute Gasteiger partial charge is 0.305 e. The van der Waals surface area contributed by atoms with Crippen molar-refractivity contribution in [3.63, 3.8) is 0 Å². The fraction of sp³-hybridized carbons (Fsp3) is 0.312. The molecule has 1 heterocycles. The van der Waals surface area contributed by atoms with Crippen molar-refractivity contribution in [2.75, 3.05) is 6.54 Å². The maximum Gasteiger partial charge on any atom is 0.128 e. The fourth-order valence-corrected chi connectivity index (χ4v) is 2.52. The third-order valence-corrected chi connectivity index (χ3v) is 3.45. The molecule has 0 aliphatic carbocycles. The number of nitrogens with zero attached hydrogens (tertiary/aromatic N) is 1. The van der Waals surface area contributed by atoms with E-state index in [-0.39, 0.29) is 11.9 Å². The Kier molecular flexibility index (Phi) is 4.73. The second-order valence-electron chi connectivity index (χ2n) is 4.87. The van der Waals surface area contributed by atoms with E-state index in [4.69, 9.17) is 11.6 Å². The molecule has 0 amide bonds. The minimum Gasteiger partial charge on any atom is -0.305 e. The summed E-state index contributed by atoms with van der Waals surface area (Å²) < 4.78 is 14.4. The standard InChI is InChI=1S/C16H18ClFN2/c1-4-19-16(14-6-5-12(17)9-20-14)15-11(3)7-10(2)8-13(15)18/h5-9,16,19H,4H2,1-3H3. The molecule has 2 nitrogen and oxygen atoms in total. The highest BCUT2D eigenvalue weighted by atomic mass is 35.5. The molecule has 4 heteroatoms. The molecule has 0 bridgehead atoms. The molecule has 0 saturated heterocycles. The summed E-state index contributed by atoms with van der Waals surface area (Å²) in [4.78, 5) is 4.32. The van der Waals surface area contributed by atoms with Crippen LogP contribution in [0.4, 0.5) is 4.39 Å². The summed E-state index contributed by atoms with van der Waals surface area (Å²) in [7, 11) is 0. The molecule has 1 aromatic carbocycles. The first-order valence-corrected chi connectivity index (χ1v) is 7.02. The van der Waals surface area contributed by atoms with E-state index in [0.29, 0.717) is 10.6 Å². The number of rotatable bonds is 4. The van der Waals surface area contributed by atoms with Gasteiger partial charge in [0.25, 0.3) is 0 Å². The molecule has 1 unspecified atom stereocenters. The van der Waals surface area contributed by atoms with Gasteiger partial charge in [-0.05, 0) is 49.7 Å². The third kappa shape index (κ3) is 3.17. The highest BCUT2D eigenvalue weighted by molar-refractivity contribution is 6.30. The average molecular weight is 293 g/mol. The monoisotopic (exact) mass is 292 g/mol. The van der Waals surface area contributed by atoms with Gasteiger partial charge < -0.3 is 5.32 Å². The number of nitrogens with one attached hydrogen (secondary N) is 1. The first kappa shape index (κ1) is 14.9. The summed E-state index contributed by atoms with van der Waals surface area (Å²) in [6.07, 6.45) is 1.59. The fourth-order valence-electron chi connectivity index (χ4n) is 2.41. The van der Waals surface area contributed by atoms with Crippen molar-refractivity contribution < 1.29 is 4.39 Å². The van der Waals surface area contributed by atoms with Crippen LogP contribution in [0.1, 0.15) is 35.3 Å². The highest BCUT2D eigenvalue weighted by Gasteiger charge is 2.20. The van der Waals surface area contributed by atoms with Crippen LogP contribution in [-0.4, -0.2) is 11.5 Å². The maximum atomic E-state index is 14.4. The molecule has 0 fully saturated rings. The van der Waals surface area contributed by atoms with Crippen LogP contribution in [0.15, 0.2) is 30.5 Å². The topological polar surface area (TPSA) is 24.9 Å². The Morgan fingerprint density at radius 2 is 2.05 bits per heavy atom. The lowest BCUT2D eigenvalue weighted by molar-refractivity contribution is 0.548. The Morgan fingerprint density at radius 3 is 2.60 bits per heavy atom. The van der Waals surface area contributed by atoms with E-state index in [2.05, 4.69) is 10.3 Å².